The molecule has 27 heavy (non-hydrogen) atoms. The van der Waals surface area contributed by atoms with E-state index in [1.54, 1.807) is 7.11 Å². The number of pyridine rings is 1. The molecule has 1 heterocycles. The van der Waals surface area contributed by atoms with Crippen LogP contribution in [0.3, 0.4) is 0 Å². The van der Waals surface area contributed by atoms with E-state index in [0.29, 0.717) is 18.1 Å². The van der Waals surface area contributed by atoms with Gasteiger partial charge in [-0.25, -0.2) is 0 Å². The maximum atomic E-state index is 12.3. The summed E-state index contributed by atoms with van der Waals surface area (Å²) in [6.45, 7) is 4.65. The van der Waals surface area contributed by atoms with Gasteiger partial charge in [-0.3, -0.25) is 4.79 Å². The molecule has 0 fully saturated rings. The monoisotopic (exact) mass is 381 g/mol. The Morgan fingerprint density at radius 2 is 1.96 bits per heavy atom. The standard InChI is InChI=1S/C21H23N3O2S/c1-13-4-5-14(2)18(10-13)24-21(27)22-9-8-16-11-15-6-7-17(26-3)12-19(15)23-20(16)25/h4-7,10-12H,8-9H2,1-3H3,(H,23,25)(H2,22,24,27). The fourth-order valence-electron chi connectivity index (χ4n) is 2.89. The topological polar surface area (TPSA) is 66.2 Å². The number of aryl methyl sites for hydroxylation is 2. The van der Waals surface area contributed by atoms with Crippen LogP contribution in [0.1, 0.15) is 16.7 Å². The van der Waals surface area contributed by atoms with Gasteiger partial charge in [0.2, 0.25) is 0 Å². The highest BCUT2D eigenvalue weighted by molar-refractivity contribution is 7.80. The summed E-state index contributed by atoms with van der Waals surface area (Å²) in [5.41, 5.74) is 4.69. The lowest BCUT2D eigenvalue weighted by atomic mass is 10.1. The number of thiocarbonyl (C=S) groups is 1. The number of fused-ring (bicyclic) bond motifs is 1. The first-order valence-corrected chi connectivity index (χ1v) is 9.19. The SMILES string of the molecule is COc1ccc2cc(CCNC(=S)Nc3cc(C)ccc3C)c(=O)[nH]c2c1. The number of methoxy groups -OCH3 is 1. The van der Waals surface area contributed by atoms with Gasteiger partial charge in [-0.1, -0.05) is 12.1 Å². The molecule has 1 aromatic heterocycles. The molecule has 0 saturated carbocycles. The van der Waals surface area contributed by atoms with Crippen LogP contribution in [0, 0.1) is 13.8 Å². The summed E-state index contributed by atoms with van der Waals surface area (Å²) in [4.78, 5) is 15.2. The molecule has 0 amide bonds. The third kappa shape index (κ3) is 4.65. The summed E-state index contributed by atoms with van der Waals surface area (Å²) < 4.78 is 5.19. The largest absolute Gasteiger partial charge is 0.497 e. The van der Waals surface area contributed by atoms with Crippen LogP contribution >= 0.6 is 12.2 Å². The number of hydrogen-bond donors (Lipinski definition) is 3. The van der Waals surface area contributed by atoms with Crippen LogP contribution in [0.2, 0.25) is 0 Å². The average Bonchev–Trinajstić information content (AvgIpc) is 2.64. The summed E-state index contributed by atoms with van der Waals surface area (Å²) in [5, 5.41) is 7.90. The van der Waals surface area contributed by atoms with E-state index in [-0.39, 0.29) is 5.56 Å². The normalized spacial score (nSPS) is 10.6. The van der Waals surface area contributed by atoms with Crippen LogP contribution in [0.15, 0.2) is 47.3 Å². The van der Waals surface area contributed by atoms with Crippen LogP contribution < -0.4 is 20.9 Å². The maximum Gasteiger partial charge on any atom is 0.251 e. The minimum Gasteiger partial charge on any atom is -0.497 e. The van der Waals surface area contributed by atoms with E-state index < -0.39 is 0 Å². The van der Waals surface area contributed by atoms with Crippen molar-refractivity contribution in [2.45, 2.75) is 20.3 Å². The highest BCUT2D eigenvalue weighted by Gasteiger charge is 2.06. The van der Waals surface area contributed by atoms with E-state index in [1.807, 2.05) is 38.1 Å². The van der Waals surface area contributed by atoms with E-state index in [0.717, 1.165) is 33.5 Å². The lowest BCUT2D eigenvalue weighted by Crippen LogP contribution is -2.31. The Hall–Kier alpha value is -2.86. The number of aromatic amines is 1. The van der Waals surface area contributed by atoms with Crippen molar-refractivity contribution >= 4 is 33.9 Å². The summed E-state index contributed by atoms with van der Waals surface area (Å²) in [6, 6.07) is 13.7. The molecule has 0 aliphatic carbocycles. The summed E-state index contributed by atoms with van der Waals surface area (Å²) >= 11 is 5.37. The Morgan fingerprint density at radius 3 is 2.74 bits per heavy atom. The molecule has 0 bridgehead atoms. The molecule has 0 aliphatic heterocycles. The zero-order valence-corrected chi connectivity index (χ0v) is 16.5. The van der Waals surface area contributed by atoms with Gasteiger partial charge in [-0.15, -0.1) is 0 Å². The molecule has 0 saturated heterocycles. The number of anilines is 1. The van der Waals surface area contributed by atoms with Crippen molar-refractivity contribution in [3.63, 3.8) is 0 Å². The molecule has 0 atom stereocenters. The first-order chi connectivity index (χ1) is 13.0. The molecule has 5 nitrogen and oxygen atoms in total. The van der Waals surface area contributed by atoms with Gasteiger partial charge < -0.3 is 20.4 Å². The summed E-state index contributed by atoms with van der Waals surface area (Å²) in [7, 11) is 1.61. The van der Waals surface area contributed by atoms with Gasteiger partial charge in [-0.05, 0) is 73.3 Å². The van der Waals surface area contributed by atoms with Crippen LogP contribution in [-0.4, -0.2) is 23.8 Å². The summed E-state index contributed by atoms with van der Waals surface area (Å²) in [5.74, 6) is 0.718. The quantitative estimate of drug-likeness (QED) is 0.589. The molecule has 140 valence electrons. The van der Waals surface area contributed by atoms with E-state index in [1.165, 1.54) is 5.56 Å². The van der Waals surface area contributed by atoms with E-state index in [9.17, 15) is 4.79 Å². The van der Waals surface area contributed by atoms with Crippen molar-refractivity contribution in [2.75, 3.05) is 19.0 Å². The van der Waals surface area contributed by atoms with E-state index in [4.69, 9.17) is 17.0 Å². The Kier molecular flexibility index (Phi) is 5.76. The predicted molar refractivity (Wildman–Crippen MR) is 115 cm³/mol. The fourth-order valence-corrected chi connectivity index (χ4v) is 3.10. The lowest BCUT2D eigenvalue weighted by molar-refractivity contribution is 0.415. The van der Waals surface area contributed by atoms with Gasteiger partial charge in [-0.2, -0.15) is 0 Å². The highest BCUT2D eigenvalue weighted by Crippen LogP contribution is 2.18. The molecule has 2 aromatic carbocycles. The zero-order valence-electron chi connectivity index (χ0n) is 15.7. The maximum absolute atomic E-state index is 12.3. The molecule has 3 N–H and O–H groups in total. The van der Waals surface area contributed by atoms with Crippen LogP contribution in [0.5, 0.6) is 5.75 Å². The summed E-state index contributed by atoms with van der Waals surface area (Å²) in [6.07, 6.45) is 0.575. The smallest absolute Gasteiger partial charge is 0.251 e. The van der Waals surface area contributed by atoms with Crippen LogP contribution in [-0.2, 0) is 6.42 Å². The molecule has 6 heteroatoms. The predicted octanol–water partition coefficient (Wildman–Crippen LogP) is 3.68. The number of H-pyrrole nitrogens is 1. The second kappa shape index (κ2) is 8.22. The Morgan fingerprint density at radius 1 is 1.15 bits per heavy atom. The Balaban J connectivity index is 1.63. The van der Waals surface area contributed by atoms with Crippen LogP contribution in [0.25, 0.3) is 10.9 Å². The number of benzene rings is 2. The first kappa shape index (κ1) is 18.9. The molecule has 3 rings (SSSR count). The number of nitrogens with one attached hydrogen (secondary N) is 3. The van der Waals surface area contributed by atoms with Crippen molar-refractivity contribution in [1.82, 2.24) is 10.3 Å². The van der Waals surface area contributed by atoms with Gasteiger partial charge in [0, 0.05) is 23.9 Å². The number of hydrogen-bond acceptors (Lipinski definition) is 3. The van der Waals surface area contributed by atoms with E-state index in [2.05, 4.69) is 33.8 Å². The molecule has 3 aromatic rings. The third-order valence-electron chi connectivity index (χ3n) is 4.45. The van der Waals surface area contributed by atoms with Crippen molar-refractivity contribution in [1.29, 1.82) is 0 Å². The molecular formula is C21H23N3O2S. The number of aromatic nitrogens is 1. The number of rotatable bonds is 5. The average molecular weight is 382 g/mol. The van der Waals surface area contributed by atoms with E-state index >= 15 is 0 Å². The van der Waals surface area contributed by atoms with Crippen molar-refractivity contribution in [3.05, 3.63) is 69.5 Å². The second-order valence-corrected chi connectivity index (χ2v) is 6.93. The Labute approximate surface area is 163 Å². The van der Waals surface area contributed by atoms with Crippen molar-refractivity contribution in [3.8, 4) is 5.75 Å². The molecule has 0 unspecified atom stereocenters. The second-order valence-electron chi connectivity index (χ2n) is 6.53. The molecule has 0 radical (unpaired) electrons. The van der Waals surface area contributed by atoms with Gasteiger partial charge in [0.25, 0.3) is 5.56 Å². The highest BCUT2D eigenvalue weighted by atomic mass is 32.1. The first-order valence-electron chi connectivity index (χ1n) is 8.78. The minimum absolute atomic E-state index is 0.0917. The van der Waals surface area contributed by atoms with Gasteiger partial charge in [0.05, 0.1) is 12.6 Å². The van der Waals surface area contributed by atoms with Crippen LogP contribution in [0.4, 0.5) is 5.69 Å². The Bertz CT molecular complexity index is 1040. The van der Waals surface area contributed by atoms with Gasteiger partial charge in [0.1, 0.15) is 5.75 Å². The molecule has 0 aliphatic rings. The fraction of sp³-hybridized carbons (Fsp3) is 0.238. The third-order valence-corrected chi connectivity index (χ3v) is 4.70. The number of ether oxygens (including phenoxy) is 1. The molecule has 0 spiro atoms. The lowest BCUT2D eigenvalue weighted by Gasteiger charge is -2.13. The van der Waals surface area contributed by atoms with Crippen molar-refractivity contribution < 1.29 is 4.74 Å². The van der Waals surface area contributed by atoms with Crippen molar-refractivity contribution in [2.24, 2.45) is 0 Å². The van der Waals surface area contributed by atoms with Gasteiger partial charge in [0.15, 0.2) is 5.11 Å². The zero-order chi connectivity index (χ0) is 19.4. The molecular weight excluding hydrogens is 358 g/mol. The minimum atomic E-state index is -0.0917. The van der Waals surface area contributed by atoms with Gasteiger partial charge >= 0.3 is 0 Å².